The van der Waals surface area contributed by atoms with Crippen LogP contribution in [-0.4, -0.2) is 19.2 Å². The molecule has 0 heterocycles. The van der Waals surface area contributed by atoms with E-state index < -0.39 is 0 Å². The van der Waals surface area contributed by atoms with Crippen molar-refractivity contribution in [2.45, 2.75) is 13.5 Å². The largest absolute Gasteiger partial charge is 0.463 e. The van der Waals surface area contributed by atoms with E-state index in [4.69, 9.17) is 9.47 Å². The zero-order valence-corrected chi connectivity index (χ0v) is 9.39. The fourth-order valence-electron chi connectivity index (χ4n) is 1.15. The summed E-state index contributed by atoms with van der Waals surface area (Å²) in [6.45, 7) is 3.13. The van der Waals surface area contributed by atoms with Gasteiger partial charge < -0.3 is 9.47 Å². The third-order valence-corrected chi connectivity index (χ3v) is 1.87. The van der Waals surface area contributed by atoms with E-state index in [-0.39, 0.29) is 5.97 Å². The molecule has 0 saturated carbocycles. The number of ether oxygens (including phenoxy) is 2. The van der Waals surface area contributed by atoms with E-state index in [9.17, 15) is 4.79 Å². The Labute approximate surface area is 95.7 Å². The van der Waals surface area contributed by atoms with E-state index >= 15 is 0 Å². The van der Waals surface area contributed by atoms with E-state index in [0.29, 0.717) is 19.8 Å². The third kappa shape index (κ3) is 5.32. The Morgan fingerprint density at radius 1 is 1.31 bits per heavy atom. The number of esters is 1. The number of hydrogen-bond donors (Lipinski definition) is 0. The van der Waals surface area contributed by atoms with Crippen LogP contribution in [0.25, 0.3) is 0 Å². The highest BCUT2D eigenvalue weighted by atomic mass is 16.5. The van der Waals surface area contributed by atoms with Gasteiger partial charge >= 0.3 is 5.97 Å². The molecule has 16 heavy (non-hydrogen) atoms. The SMILES string of the molecule is CCOC(=O)C=CCOCc1ccccc1. The highest BCUT2D eigenvalue weighted by molar-refractivity contribution is 5.81. The summed E-state index contributed by atoms with van der Waals surface area (Å²) in [6.07, 6.45) is 3.04. The van der Waals surface area contributed by atoms with Crippen LogP contribution in [0.1, 0.15) is 12.5 Å². The van der Waals surface area contributed by atoms with Crippen LogP contribution >= 0.6 is 0 Å². The van der Waals surface area contributed by atoms with Crippen LogP contribution in [0, 0.1) is 0 Å². The molecule has 0 atom stereocenters. The van der Waals surface area contributed by atoms with E-state index in [1.165, 1.54) is 6.08 Å². The summed E-state index contributed by atoms with van der Waals surface area (Å²) in [7, 11) is 0. The topological polar surface area (TPSA) is 35.5 Å². The molecule has 0 fully saturated rings. The zero-order chi connectivity index (χ0) is 11.6. The number of hydrogen-bond acceptors (Lipinski definition) is 3. The van der Waals surface area contributed by atoms with Gasteiger partial charge in [-0.1, -0.05) is 36.4 Å². The number of rotatable bonds is 6. The second-order valence-electron chi connectivity index (χ2n) is 3.16. The van der Waals surface area contributed by atoms with E-state index in [1.807, 2.05) is 30.3 Å². The molecule has 0 aliphatic rings. The van der Waals surface area contributed by atoms with Gasteiger partial charge in [0.15, 0.2) is 0 Å². The van der Waals surface area contributed by atoms with Crippen molar-refractivity contribution in [1.29, 1.82) is 0 Å². The van der Waals surface area contributed by atoms with Crippen LogP contribution in [0.2, 0.25) is 0 Å². The average Bonchev–Trinajstić information content (AvgIpc) is 2.30. The molecule has 1 rings (SSSR count). The van der Waals surface area contributed by atoms with Gasteiger partial charge in [0.2, 0.25) is 0 Å². The van der Waals surface area contributed by atoms with E-state index in [0.717, 1.165) is 5.56 Å². The van der Waals surface area contributed by atoms with Crippen LogP contribution in [0.15, 0.2) is 42.5 Å². The second kappa shape index (κ2) is 7.65. The standard InChI is InChI=1S/C13H16O3/c1-2-16-13(14)9-6-10-15-11-12-7-4-3-5-8-12/h3-9H,2,10-11H2,1H3. The number of carbonyl (C=O) groups excluding carboxylic acids is 1. The molecule has 1 aromatic carbocycles. The summed E-state index contributed by atoms with van der Waals surface area (Å²) in [5.41, 5.74) is 1.12. The van der Waals surface area contributed by atoms with Gasteiger partial charge in [0, 0.05) is 6.08 Å². The van der Waals surface area contributed by atoms with Gasteiger partial charge in [-0.25, -0.2) is 4.79 Å². The van der Waals surface area contributed by atoms with Crippen LogP contribution < -0.4 is 0 Å². The van der Waals surface area contributed by atoms with Crippen LogP contribution in [0.5, 0.6) is 0 Å². The first-order valence-electron chi connectivity index (χ1n) is 5.28. The number of carbonyl (C=O) groups is 1. The quantitative estimate of drug-likeness (QED) is 0.419. The highest BCUT2D eigenvalue weighted by Gasteiger charge is 1.93. The molecule has 0 unspecified atom stereocenters. The van der Waals surface area contributed by atoms with Crippen molar-refractivity contribution in [3.63, 3.8) is 0 Å². The first-order chi connectivity index (χ1) is 7.83. The Hall–Kier alpha value is -1.61. The van der Waals surface area contributed by atoms with Gasteiger partial charge in [0.25, 0.3) is 0 Å². The van der Waals surface area contributed by atoms with Crippen LogP contribution in [0.4, 0.5) is 0 Å². The lowest BCUT2D eigenvalue weighted by molar-refractivity contribution is -0.137. The smallest absolute Gasteiger partial charge is 0.330 e. The minimum Gasteiger partial charge on any atom is -0.463 e. The van der Waals surface area contributed by atoms with Crippen molar-refractivity contribution >= 4 is 5.97 Å². The first-order valence-corrected chi connectivity index (χ1v) is 5.28. The fraction of sp³-hybridized carbons (Fsp3) is 0.308. The summed E-state index contributed by atoms with van der Waals surface area (Å²) in [4.78, 5) is 10.9. The normalized spacial score (nSPS) is 10.6. The summed E-state index contributed by atoms with van der Waals surface area (Å²) in [6, 6.07) is 9.88. The molecular formula is C13H16O3. The maximum atomic E-state index is 10.9. The molecule has 3 nitrogen and oxygen atoms in total. The predicted molar refractivity (Wildman–Crippen MR) is 61.9 cm³/mol. The Balaban J connectivity index is 2.15. The van der Waals surface area contributed by atoms with Crippen molar-refractivity contribution in [2.75, 3.05) is 13.2 Å². The minimum absolute atomic E-state index is 0.328. The summed E-state index contributed by atoms with van der Waals surface area (Å²) in [5, 5.41) is 0. The molecule has 0 amide bonds. The lowest BCUT2D eigenvalue weighted by Gasteiger charge is -2.00. The maximum Gasteiger partial charge on any atom is 0.330 e. The van der Waals surface area contributed by atoms with Crippen LogP contribution in [-0.2, 0) is 20.9 Å². The number of benzene rings is 1. The molecule has 0 N–H and O–H groups in total. The van der Waals surface area contributed by atoms with Crippen molar-refractivity contribution in [3.8, 4) is 0 Å². The van der Waals surface area contributed by atoms with Gasteiger partial charge in [-0.15, -0.1) is 0 Å². The Kier molecular flexibility index (Phi) is 5.96. The average molecular weight is 220 g/mol. The van der Waals surface area contributed by atoms with Gasteiger partial charge in [-0.05, 0) is 12.5 Å². The lowest BCUT2D eigenvalue weighted by Crippen LogP contribution is -2.00. The molecule has 0 spiro atoms. The van der Waals surface area contributed by atoms with Crippen molar-refractivity contribution in [2.24, 2.45) is 0 Å². The third-order valence-electron chi connectivity index (χ3n) is 1.87. The van der Waals surface area contributed by atoms with Gasteiger partial charge in [0.1, 0.15) is 0 Å². The van der Waals surface area contributed by atoms with Gasteiger partial charge in [-0.3, -0.25) is 0 Å². The maximum absolute atomic E-state index is 10.9. The molecule has 0 aromatic heterocycles. The van der Waals surface area contributed by atoms with Gasteiger partial charge in [-0.2, -0.15) is 0 Å². The van der Waals surface area contributed by atoms with Crippen LogP contribution in [0.3, 0.4) is 0 Å². The monoisotopic (exact) mass is 220 g/mol. The molecule has 86 valence electrons. The Morgan fingerprint density at radius 3 is 2.75 bits per heavy atom. The minimum atomic E-state index is -0.328. The Bertz CT molecular complexity index is 330. The second-order valence-corrected chi connectivity index (χ2v) is 3.16. The summed E-state index contributed by atoms with van der Waals surface area (Å²) in [5.74, 6) is -0.328. The molecule has 3 heteroatoms. The van der Waals surface area contributed by atoms with E-state index in [1.54, 1.807) is 13.0 Å². The molecule has 0 aliphatic heterocycles. The molecular weight excluding hydrogens is 204 g/mol. The predicted octanol–water partition coefficient (Wildman–Crippen LogP) is 2.32. The molecule has 0 bridgehead atoms. The molecule has 0 saturated heterocycles. The fourth-order valence-corrected chi connectivity index (χ4v) is 1.15. The summed E-state index contributed by atoms with van der Waals surface area (Å²) < 4.78 is 10.1. The highest BCUT2D eigenvalue weighted by Crippen LogP contribution is 2.00. The Morgan fingerprint density at radius 2 is 2.06 bits per heavy atom. The first kappa shape index (κ1) is 12.5. The molecule has 1 aromatic rings. The molecule has 0 radical (unpaired) electrons. The van der Waals surface area contributed by atoms with Crippen molar-refractivity contribution < 1.29 is 14.3 Å². The van der Waals surface area contributed by atoms with E-state index in [2.05, 4.69) is 0 Å². The summed E-state index contributed by atoms with van der Waals surface area (Å²) >= 11 is 0. The molecule has 0 aliphatic carbocycles. The van der Waals surface area contributed by atoms with Crippen molar-refractivity contribution in [3.05, 3.63) is 48.0 Å². The lowest BCUT2D eigenvalue weighted by atomic mass is 10.2. The zero-order valence-electron chi connectivity index (χ0n) is 9.39. The van der Waals surface area contributed by atoms with Crippen molar-refractivity contribution in [1.82, 2.24) is 0 Å². The van der Waals surface area contributed by atoms with Gasteiger partial charge in [0.05, 0.1) is 19.8 Å².